The van der Waals surface area contributed by atoms with E-state index in [0.29, 0.717) is 0 Å². The van der Waals surface area contributed by atoms with Crippen molar-refractivity contribution < 1.29 is 9.47 Å². The normalized spacial score (nSPS) is 9.86. The summed E-state index contributed by atoms with van der Waals surface area (Å²) in [7, 11) is 3.29. The molecule has 5 heteroatoms. The predicted molar refractivity (Wildman–Crippen MR) is 115 cm³/mol. The molecule has 0 spiro atoms. The van der Waals surface area contributed by atoms with Crippen LogP contribution in [0.25, 0.3) is 11.0 Å². The highest BCUT2D eigenvalue weighted by molar-refractivity contribution is 7.00. The molecule has 29 heavy (non-hydrogen) atoms. The van der Waals surface area contributed by atoms with E-state index in [1.54, 1.807) is 14.2 Å². The standard InChI is InChI=1S/C24H16N2O2S/c1-27-21-11-5-17(6-12-21)3-9-19-15-23-24(26-29-25-23)16-20(19)10-4-18-7-13-22(28-2)14-8-18/h5-8,11-16H,1-2H3. The molecule has 0 radical (unpaired) electrons. The zero-order valence-electron chi connectivity index (χ0n) is 15.9. The molecular formula is C24H16N2O2S. The van der Waals surface area contributed by atoms with Crippen molar-refractivity contribution in [1.82, 2.24) is 8.75 Å². The van der Waals surface area contributed by atoms with Crippen LogP contribution in [0.15, 0.2) is 60.7 Å². The van der Waals surface area contributed by atoms with E-state index in [0.717, 1.165) is 44.8 Å². The van der Waals surface area contributed by atoms with E-state index in [9.17, 15) is 0 Å². The van der Waals surface area contributed by atoms with Gasteiger partial charge < -0.3 is 9.47 Å². The molecule has 0 amide bonds. The monoisotopic (exact) mass is 396 g/mol. The first-order valence-electron chi connectivity index (χ1n) is 8.83. The third-order valence-electron chi connectivity index (χ3n) is 4.26. The fourth-order valence-corrected chi connectivity index (χ4v) is 3.18. The Morgan fingerprint density at radius 3 is 1.41 bits per heavy atom. The summed E-state index contributed by atoms with van der Waals surface area (Å²) in [4.78, 5) is 0. The van der Waals surface area contributed by atoms with Crippen LogP contribution in [0.1, 0.15) is 22.3 Å². The minimum absolute atomic E-state index is 0.802. The Morgan fingerprint density at radius 2 is 1.03 bits per heavy atom. The van der Waals surface area contributed by atoms with Gasteiger partial charge in [0.25, 0.3) is 0 Å². The molecule has 0 saturated heterocycles. The maximum absolute atomic E-state index is 5.19. The van der Waals surface area contributed by atoms with Crippen molar-refractivity contribution in [1.29, 1.82) is 0 Å². The largest absolute Gasteiger partial charge is 0.497 e. The first-order chi connectivity index (χ1) is 14.2. The summed E-state index contributed by atoms with van der Waals surface area (Å²) in [6, 6.07) is 19.2. The molecule has 4 aromatic rings. The first kappa shape index (κ1) is 18.6. The van der Waals surface area contributed by atoms with Crippen LogP contribution in [-0.2, 0) is 0 Å². The fourth-order valence-electron chi connectivity index (χ4n) is 2.67. The van der Waals surface area contributed by atoms with Gasteiger partial charge in [0, 0.05) is 22.3 Å². The van der Waals surface area contributed by atoms with Crippen LogP contribution in [0.3, 0.4) is 0 Å². The highest BCUT2D eigenvalue weighted by Crippen LogP contribution is 2.18. The number of rotatable bonds is 2. The maximum Gasteiger partial charge on any atom is 0.118 e. The number of nitrogens with zero attached hydrogens (tertiary/aromatic N) is 2. The van der Waals surface area contributed by atoms with Gasteiger partial charge in [0.05, 0.1) is 25.9 Å². The predicted octanol–water partition coefficient (Wildman–Crippen LogP) is 4.51. The van der Waals surface area contributed by atoms with E-state index in [2.05, 4.69) is 32.4 Å². The topological polar surface area (TPSA) is 44.2 Å². The Bertz CT molecular complexity index is 1170. The molecule has 0 aliphatic carbocycles. The van der Waals surface area contributed by atoms with E-state index < -0.39 is 0 Å². The number of hydrogen-bond donors (Lipinski definition) is 0. The number of fused-ring (bicyclic) bond motifs is 1. The Hall–Kier alpha value is -3.80. The number of ether oxygens (including phenoxy) is 2. The zero-order valence-corrected chi connectivity index (χ0v) is 16.7. The third kappa shape index (κ3) is 4.38. The number of aromatic nitrogens is 2. The lowest BCUT2D eigenvalue weighted by Crippen LogP contribution is -1.87. The number of benzene rings is 3. The van der Waals surface area contributed by atoms with E-state index in [1.807, 2.05) is 60.7 Å². The Balaban J connectivity index is 1.71. The van der Waals surface area contributed by atoms with Gasteiger partial charge >= 0.3 is 0 Å². The van der Waals surface area contributed by atoms with Crippen LogP contribution in [0, 0.1) is 23.7 Å². The molecule has 1 heterocycles. The van der Waals surface area contributed by atoms with Crippen molar-refractivity contribution >= 4 is 22.8 Å². The Morgan fingerprint density at radius 1 is 0.621 bits per heavy atom. The summed E-state index contributed by atoms with van der Waals surface area (Å²) in [6.07, 6.45) is 0. The summed E-state index contributed by atoms with van der Waals surface area (Å²) < 4.78 is 19.0. The van der Waals surface area contributed by atoms with Crippen LogP contribution in [-0.4, -0.2) is 23.0 Å². The van der Waals surface area contributed by atoms with Crippen molar-refractivity contribution in [2.45, 2.75) is 0 Å². The van der Waals surface area contributed by atoms with Gasteiger partial charge in [0.15, 0.2) is 0 Å². The zero-order chi connectivity index (χ0) is 20.1. The van der Waals surface area contributed by atoms with Crippen LogP contribution < -0.4 is 9.47 Å². The van der Waals surface area contributed by atoms with Crippen LogP contribution in [0.4, 0.5) is 0 Å². The van der Waals surface area contributed by atoms with Crippen LogP contribution >= 0.6 is 11.7 Å². The molecule has 0 saturated carbocycles. The lowest BCUT2D eigenvalue weighted by atomic mass is 10.1. The second-order valence-electron chi connectivity index (χ2n) is 6.11. The van der Waals surface area contributed by atoms with Crippen molar-refractivity contribution in [3.8, 4) is 35.2 Å². The molecule has 0 N–H and O–H groups in total. The SMILES string of the molecule is COc1ccc(C#Cc2cc3nsnc3cc2C#Cc2ccc(OC)cc2)cc1. The smallest absolute Gasteiger partial charge is 0.118 e. The summed E-state index contributed by atoms with van der Waals surface area (Å²) >= 11 is 1.18. The van der Waals surface area contributed by atoms with Gasteiger partial charge in [-0.15, -0.1) is 0 Å². The van der Waals surface area contributed by atoms with E-state index in [-0.39, 0.29) is 0 Å². The summed E-state index contributed by atoms with van der Waals surface area (Å²) in [6.45, 7) is 0. The fraction of sp³-hybridized carbons (Fsp3) is 0.0833. The van der Waals surface area contributed by atoms with E-state index >= 15 is 0 Å². The molecule has 0 aliphatic rings. The molecular weight excluding hydrogens is 380 g/mol. The highest BCUT2D eigenvalue weighted by atomic mass is 32.1. The molecule has 0 fully saturated rings. The lowest BCUT2D eigenvalue weighted by molar-refractivity contribution is 0.414. The van der Waals surface area contributed by atoms with Gasteiger partial charge in [-0.25, -0.2) is 0 Å². The maximum atomic E-state index is 5.19. The van der Waals surface area contributed by atoms with Gasteiger partial charge in [0.1, 0.15) is 22.5 Å². The second kappa shape index (κ2) is 8.48. The second-order valence-corrected chi connectivity index (χ2v) is 6.64. The minimum Gasteiger partial charge on any atom is -0.497 e. The van der Waals surface area contributed by atoms with E-state index in [4.69, 9.17) is 9.47 Å². The summed E-state index contributed by atoms with van der Waals surface area (Å²) in [5.41, 5.74) is 5.09. The van der Waals surface area contributed by atoms with Crippen molar-refractivity contribution in [2.24, 2.45) is 0 Å². The van der Waals surface area contributed by atoms with Gasteiger partial charge in [-0.1, -0.05) is 23.7 Å². The van der Waals surface area contributed by atoms with Crippen molar-refractivity contribution in [3.63, 3.8) is 0 Å². The molecule has 0 bridgehead atoms. The molecule has 0 unspecified atom stereocenters. The summed E-state index contributed by atoms with van der Waals surface area (Å²) in [5, 5.41) is 0. The molecule has 3 aromatic carbocycles. The number of hydrogen-bond acceptors (Lipinski definition) is 5. The molecule has 4 nitrogen and oxygen atoms in total. The molecule has 1 aromatic heterocycles. The average Bonchev–Trinajstić information content (AvgIpc) is 3.24. The Kier molecular flexibility index (Phi) is 5.42. The Labute approximate surface area is 173 Å². The third-order valence-corrected chi connectivity index (χ3v) is 4.81. The van der Waals surface area contributed by atoms with Crippen molar-refractivity contribution in [2.75, 3.05) is 14.2 Å². The van der Waals surface area contributed by atoms with Gasteiger partial charge in [0.2, 0.25) is 0 Å². The van der Waals surface area contributed by atoms with Gasteiger partial charge in [-0.3, -0.25) is 0 Å². The van der Waals surface area contributed by atoms with Gasteiger partial charge in [-0.2, -0.15) is 8.75 Å². The first-order valence-corrected chi connectivity index (χ1v) is 9.56. The average molecular weight is 396 g/mol. The van der Waals surface area contributed by atoms with E-state index in [1.165, 1.54) is 11.7 Å². The molecule has 0 atom stereocenters. The van der Waals surface area contributed by atoms with Crippen molar-refractivity contribution in [3.05, 3.63) is 82.9 Å². The molecule has 4 rings (SSSR count). The minimum atomic E-state index is 0.802. The highest BCUT2D eigenvalue weighted by Gasteiger charge is 2.05. The summed E-state index contributed by atoms with van der Waals surface area (Å²) in [5.74, 6) is 14.4. The lowest BCUT2D eigenvalue weighted by Gasteiger charge is -1.99. The molecule has 0 aliphatic heterocycles. The molecule has 140 valence electrons. The number of methoxy groups -OCH3 is 2. The van der Waals surface area contributed by atoms with Gasteiger partial charge in [-0.05, 0) is 60.7 Å². The quantitative estimate of drug-likeness (QED) is 0.468. The van der Waals surface area contributed by atoms with Crippen LogP contribution in [0.2, 0.25) is 0 Å². The van der Waals surface area contributed by atoms with Crippen LogP contribution in [0.5, 0.6) is 11.5 Å².